The van der Waals surface area contributed by atoms with Gasteiger partial charge in [-0.1, -0.05) is 13.0 Å². The average molecular weight is 211 g/mol. The van der Waals surface area contributed by atoms with E-state index in [-0.39, 0.29) is 6.61 Å². The van der Waals surface area contributed by atoms with Crippen molar-refractivity contribution in [1.82, 2.24) is 4.98 Å². The van der Waals surface area contributed by atoms with Crippen molar-refractivity contribution in [1.29, 1.82) is 0 Å². The summed E-state index contributed by atoms with van der Waals surface area (Å²) in [4.78, 5) is 4.25. The van der Waals surface area contributed by atoms with Gasteiger partial charge < -0.3 is 5.11 Å². The first-order valence-corrected chi connectivity index (χ1v) is 6.07. The summed E-state index contributed by atoms with van der Waals surface area (Å²) in [5, 5.41) is 8.83. The van der Waals surface area contributed by atoms with Crippen LogP contribution < -0.4 is 0 Å². The van der Waals surface area contributed by atoms with Crippen molar-refractivity contribution in [2.45, 2.75) is 13.3 Å². The lowest BCUT2D eigenvalue weighted by molar-refractivity contribution is 0.250. The summed E-state index contributed by atoms with van der Waals surface area (Å²) in [7, 11) is 0. The van der Waals surface area contributed by atoms with Gasteiger partial charge in [-0.05, 0) is 36.0 Å². The van der Waals surface area contributed by atoms with Crippen LogP contribution in [0.3, 0.4) is 0 Å². The fourth-order valence-electron chi connectivity index (χ4n) is 1.06. The summed E-state index contributed by atoms with van der Waals surface area (Å²) in [6.07, 6.45) is 2.85. The Hall–Kier alpha value is -0.540. The zero-order valence-electron chi connectivity index (χ0n) is 8.52. The van der Waals surface area contributed by atoms with Crippen LogP contribution in [0.15, 0.2) is 24.4 Å². The van der Waals surface area contributed by atoms with Gasteiger partial charge in [0.05, 0.1) is 0 Å². The summed E-state index contributed by atoms with van der Waals surface area (Å²) >= 11 is 1.88. The number of hydrogen-bond acceptors (Lipinski definition) is 3. The number of aryl methyl sites for hydroxylation is 1. The number of hydrogen-bond donors (Lipinski definition) is 1. The smallest absolute Gasteiger partial charge is 0.0464 e. The van der Waals surface area contributed by atoms with Crippen LogP contribution in [-0.4, -0.2) is 28.2 Å². The summed E-state index contributed by atoms with van der Waals surface area (Å²) in [6, 6.07) is 6.00. The van der Waals surface area contributed by atoms with E-state index in [0.717, 1.165) is 23.6 Å². The third-order valence-corrected chi connectivity index (χ3v) is 3.24. The molecule has 2 nitrogen and oxygen atoms in total. The molecule has 1 unspecified atom stereocenters. The molecule has 1 atom stereocenters. The van der Waals surface area contributed by atoms with E-state index in [1.807, 2.05) is 30.1 Å². The Kier molecular flexibility index (Phi) is 5.64. The molecule has 0 aliphatic carbocycles. The topological polar surface area (TPSA) is 33.1 Å². The van der Waals surface area contributed by atoms with E-state index in [0.29, 0.717) is 5.92 Å². The highest BCUT2D eigenvalue weighted by atomic mass is 32.2. The van der Waals surface area contributed by atoms with Crippen molar-refractivity contribution in [2.24, 2.45) is 5.92 Å². The van der Waals surface area contributed by atoms with Gasteiger partial charge in [-0.25, -0.2) is 0 Å². The van der Waals surface area contributed by atoms with Gasteiger partial charge in [0.25, 0.3) is 0 Å². The van der Waals surface area contributed by atoms with E-state index in [1.54, 1.807) is 0 Å². The minimum absolute atomic E-state index is 0.288. The molecule has 0 saturated carbocycles. The lowest BCUT2D eigenvalue weighted by Crippen LogP contribution is -2.04. The van der Waals surface area contributed by atoms with Gasteiger partial charge in [-0.15, -0.1) is 0 Å². The van der Waals surface area contributed by atoms with Crippen molar-refractivity contribution in [3.8, 4) is 0 Å². The molecule has 78 valence electrons. The molecule has 0 aliphatic rings. The standard InChI is InChI=1S/C11H17NOS/c1-10(8-13)9-14-7-5-11-4-2-3-6-12-11/h2-4,6,10,13H,5,7-9H2,1H3. The van der Waals surface area contributed by atoms with Crippen LogP contribution in [0.5, 0.6) is 0 Å². The number of rotatable bonds is 6. The minimum atomic E-state index is 0.288. The number of aliphatic hydroxyl groups is 1. The van der Waals surface area contributed by atoms with Crippen molar-refractivity contribution < 1.29 is 5.11 Å². The number of aliphatic hydroxyl groups excluding tert-OH is 1. The Balaban J connectivity index is 2.10. The Morgan fingerprint density at radius 2 is 2.36 bits per heavy atom. The van der Waals surface area contributed by atoms with Crippen molar-refractivity contribution >= 4 is 11.8 Å². The second kappa shape index (κ2) is 6.85. The number of nitrogens with zero attached hydrogens (tertiary/aromatic N) is 1. The molecular weight excluding hydrogens is 194 g/mol. The van der Waals surface area contributed by atoms with E-state index in [4.69, 9.17) is 5.11 Å². The number of pyridine rings is 1. The third-order valence-electron chi connectivity index (χ3n) is 1.94. The van der Waals surface area contributed by atoms with Crippen LogP contribution >= 0.6 is 11.8 Å². The van der Waals surface area contributed by atoms with Crippen molar-refractivity contribution in [2.75, 3.05) is 18.1 Å². The number of aromatic nitrogens is 1. The molecule has 0 saturated heterocycles. The Bertz CT molecular complexity index is 240. The van der Waals surface area contributed by atoms with Gasteiger partial charge in [-0.2, -0.15) is 11.8 Å². The first-order valence-electron chi connectivity index (χ1n) is 4.91. The van der Waals surface area contributed by atoms with E-state index >= 15 is 0 Å². The quantitative estimate of drug-likeness (QED) is 0.730. The van der Waals surface area contributed by atoms with Gasteiger partial charge in [0, 0.05) is 18.5 Å². The van der Waals surface area contributed by atoms with Gasteiger partial charge in [0.1, 0.15) is 0 Å². The zero-order valence-corrected chi connectivity index (χ0v) is 9.33. The molecule has 1 aromatic heterocycles. The second-order valence-electron chi connectivity index (χ2n) is 3.43. The van der Waals surface area contributed by atoms with Gasteiger partial charge >= 0.3 is 0 Å². The maximum absolute atomic E-state index is 8.83. The Labute approximate surface area is 89.8 Å². The van der Waals surface area contributed by atoms with E-state index in [9.17, 15) is 0 Å². The molecule has 1 rings (SSSR count). The van der Waals surface area contributed by atoms with E-state index in [1.165, 1.54) is 0 Å². The van der Waals surface area contributed by atoms with E-state index in [2.05, 4.69) is 18.0 Å². The molecule has 0 fully saturated rings. The van der Waals surface area contributed by atoms with Gasteiger partial charge in [-0.3, -0.25) is 4.98 Å². The lowest BCUT2D eigenvalue weighted by Gasteiger charge is -2.06. The molecular formula is C11H17NOS. The molecule has 0 amide bonds. The Morgan fingerprint density at radius 1 is 1.50 bits per heavy atom. The monoisotopic (exact) mass is 211 g/mol. The third kappa shape index (κ3) is 4.63. The summed E-state index contributed by atoms with van der Waals surface area (Å²) in [6.45, 7) is 2.35. The number of thioether (sulfide) groups is 1. The SMILES string of the molecule is CC(CO)CSCCc1ccccn1. The minimum Gasteiger partial charge on any atom is -0.396 e. The van der Waals surface area contributed by atoms with Gasteiger partial charge in [0.15, 0.2) is 0 Å². The maximum Gasteiger partial charge on any atom is 0.0464 e. The van der Waals surface area contributed by atoms with Crippen LogP contribution in [0.2, 0.25) is 0 Å². The normalized spacial score (nSPS) is 12.7. The highest BCUT2D eigenvalue weighted by molar-refractivity contribution is 7.99. The lowest BCUT2D eigenvalue weighted by atomic mass is 10.2. The van der Waals surface area contributed by atoms with Crippen molar-refractivity contribution in [3.63, 3.8) is 0 Å². The molecule has 3 heteroatoms. The maximum atomic E-state index is 8.83. The second-order valence-corrected chi connectivity index (χ2v) is 4.58. The molecule has 14 heavy (non-hydrogen) atoms. The molecule has 0 aliphatic heterocycles. The predicted octanol–water partition coefficient (Wildman–Crippen LogP) is 1.99. The largest absolute Gasteiger partial charge is 0.396 e. The average Bonchev–Trinajstić information content (AvgIpc) is 2.25. The van der Waals surface area contributed by atoms with Crippen LogP contribution in [0.4, 0.5) is 0 Å². The molecule has 0 radical (unpaired) electrons. The molecule has 0 spiro atoms. The first kappa shape index (κ1) is 11.5. The Morgan fingerprint density at radius 3 is 3.00 bits per heavy atom. The van der Waals surface area contributed by atoms with Crippen molar-refractivity contribution in [3.05, 3.63) is 30.1 Å². The van der Waals surface area contributed by atoms with Crippen LogP contribution in [0.1, 0.15) is 12.6 Å². The van der Waals surface area contributed by atoms with Gasteiger partial charge in [0.2, 0.25) is 0 Å². The fourth-order valence-corrected chi connectivity index (χ4v) is 2.09. The van der Waals surface area contributed by atoms with E-state index < -0.39 is 0 Å². The highest BCUT2D eigenvalue weighted by Gasteiger charge is 1.99. The molecule has 1 aromatic rings. The van der Waals surface area contributed by atoms with Crippen LogP contribution in [0.25, 0.3) is 0 Å². The van der Waals surface area contributed by atoms with Crippen LogP contribution in [-0.2, 0) is 6.42 Å². The molecule has 1 N–H and O–H groups in total. The first-order chi connectivity index (χ1) is 6.83. The fraction of sp³-hybridized carbons (Fsp3) is 0.545. The summed E-state index contributed by atoms with van der Waals surface area (Å²) in [5.74, 6) is 2.52. The predicted molar refractivity (Wildman–Crippen MR) is 61.5 cm³/mol. The summed E-state index contributed by atoms with van der Waals surface area (Å²) in [5.41, 5.74) is 1.15. The highest BCUT2D eigenvalue weighted by Crippen LogP contribution is 2.09. The zero-order chi connectivity index (χ0) is 10.2. The molecule has 0 bridgehead atoms. The summed E-state index contributed by atoms with van der Waals surface area (Å²) < 4.78 is 0. The molecule has 1 heterocycles. The molecule has 0 aromatic carbocycles. The van der Waals surface area contributed by atoms with Crippen LogP contribution in [0, 0.1) is 5.92 Å².